The van der Waals surface area contributed by atoms with Crippen LogP contribution in [0.3, 0.4) is 0 Å². The number of nitrogens with one attached hydrogen (secondary N) is 1. The molecule has 3 rings (SSSR count). The van der Waals surface area contributed by atoms with Gasteiger partial charge in [-0.3, -0.25) is 9.10 Å². The van der Waals surface area contributed by atoms with E-state index in [1.807, 2.05) is 19.1 Å². The first kappa shape index (κ1) is 22.0. The van der Waals surface area contributed by atoms with Crippen LogP contribution < -0.4 is 19.1 Å². The van der Waals surface area contributed by atoms with Gasteiger partial charge < -0.3 is 14.8 Å². The zero-order chi connectivity index (χ0) is 22.1. The summed E-state index contributed by atoms with van der Waals surface area (Å²) in [5, 5.41) is 2.78. The Hall–Kier alpha value is -2.74. The van der Waals surface area contributed by atoms with Gasteiger partial charge in [0, 0.05) is 5.69 Å². The second-order valence-electron chi connectivity index (χ2n) is 8.28. The molecular weight excluding hydrogens is 404 g/mol. The van der Waals surface area contributed by atoms with Crippen LogP contribution in [-0.4, -0.2) is 39.8 Å². The van der Waals surface area contributed by atoms with E-state index in [1.54, 1.807) is 30.3 Å². The van der Waals surface area contributed by atoms with Crippen LogP contribution in [0.25, 0.3) is 0 Å². The molecule has 2 aromatic carbocycles. The van der Waals surface area contributed by atoms with Gasteiger partial charge in [0.1, 0.15) is 11.5 Å². The first-order chi connectivity index (χ1) is 14.0. The van der Waals surface area contributed by atoms with Gasteiger partial charge in [-0.25, -0.2) is 8.42 Å². The molecule has 1 aliphatic heterocycles. The molecule has 1 atom stereocenters. The molecule has 1 N–H and O–H groups in total. The lowest BCUT2D eigenvalue weighted by Gasteiger charge is -2.35. The second-order valence-corrected chi connectivity index (χ2v) is 10.2. The maximum absolute atomic E-state index is 12.8. The predicted octanol–water partition coefficient (Wildman–Crippen LogP) is 3.55. The summed E-state index contributed by atoms with van der Waals surface area (Å²) in [7, 11) is -3.60. The molecule has 1 aliphatic rings. The third-order valence-electron chi connectivity index (χ3n) is 4.82. The Kier molecular flexibility index (Phi) is 5.99. The molecule has 7 nitrogen and oxygen atoms in total. The van der Waals surface area contributed by atoms with Crippen LogP contribution in [-0.2, 0) is 20.2 Å². The summed E-state index contributed by atoms with van der Waals surface area (Å²) in [4.78, 5) is 12.8. The lowest BCUT2D eigenvalue weighted by molar-refractivity contribution is -0.122. The lowest BCUT2D eigenvalue weighted by atomic mass is 9.86. The minimum absolute atomic E-state index is 0.0949. The van der Waals surface area contributed by atoms with Gasteiger partial charge in [0.2, 0.25) is 10.0 Å². The van der Waals surface area contributed by atoms with Crippen molar-refractivity contribution in [3.8, 4) is 11.5 Å². The minimum atomic E-state index is -3.60. The summed E-state index contributed by atoms with van der Waals surface area (Å²) in [5.74, 6) is 0.654. The van der Waals surface area contributed by atoms with E-state index < -0.39 is 22.0 Å². The van der Waals surface area contributed by atoms with E-state index in [0.29, 0.717) is 29.5 Å². The van der Waals surface area contributed by atoms with Crippen molar-refractivity contribution in [2.75, 3.05) is 29.0 Å². The van der Waals surface area contributed by atoms with Crippen LogP contribution in [0, 0.1) is 0 Å². The van der Waals surface area contributed by atoms with Crippen LogP contribution >= 0.6 is 0 Å². The molecule has 162 valence electrons. The molecule has 0 saturated carbocycles. The summed E-state index contributed by atoms with van der Waals surface area (Å²) in [6.07, 6.45) is 0.159. The Labute approximate surface area is 178 Å². The number of amides is 1. The molecule has 0 radical (unpaired) electrons. The first-order valence-electron chi connectivity index (χ1n) is 9.81. The molecular formula is C22H28N2O5S. The van der Waals surface area contributed by atoms with Crippen molar-refractivity contribution in [3.63, 3.8) is 0 Å². The highest BCUT2D eigenvalue weighted by atomic mass is 32.2. The third kappa shape index (κ3) is 4.87. The van der Waals surface area contributed by atoms with Gasteiger partial charge in [-0.1, -0.05) is 26.8 Å². The van der Waals surface area contributed by atoms with Gasteiger partial charge in [-0.15, -0.1) is 0 Å². The predicted molar refractivity (Wildman–Crippen MR) is 118 cm³/mol. The highest BCUT2D eigenvalue weighted by Gasteiger charge is 2.35. The standard InChI is InChI=1S/C22H28N2O5S/c1-6-28-17-10-8-16(9-11-17)23-21(25)20-14-24(30(5,26)27)18-13-15(22(2,3)4)7-12-19(18)29-20/h7-13,20H,6,14H2,1-5H3,(H,23,25). The fourth-order valence-corrected chi connectivity index (χ4v) is 4.10. The molecule has 8 heteroatoms. The zero-order valence-corrected chi connectivity index (χ0v) is 18.7. The average Bonchev–Trinajstić information content (AvgIpc) is 2.67. The fourth-order valence-electron chi connectivity index (χ4n) is 3.19. The number of nitrogens with zero attached hydrogens (tertiary/aromatic N) is 1. The van der Waals surface area contributed by atoms with Gasteiger partial charge in [-0.2, -0.15) is 0 Å². The van der Waals surface area contributed by atoms with E-state index in [4.69, 9.17) is 9.47 Å². The number of ether oxygens (including phenoxy) is 2. The number of sulfonamides is 1. The molecule has 0 saturated heterocycles. The molecule has 2 aromatic rings. The fraction of sp³-hybridized carbons (Fsp3) is 0.409. The van der Waals surface area contributed by atoms with Crippen LogP contribution in [0.4, 0.5) is 11.4 Å². The summed E-state index contributed by atoms with van der Waals surface area (Å²) in [6, 6.07) is 12.4. The van der Waals surface area contributed by atoms with Crippen molar-refractivity contribution in [2.45, 2.75) is 39.2 Å². The Bertz CT molecular complexity index is 1030. The van der Waals surface area contributed by atoms with Crippen molar-refractivity contribution >= 4 is 27.3 Å². The quantitative estimate of drug-likeness (QED) is 0.781. The lowest BCUT2D eigenvalue weighted by Crippen LogP contribution is -2.48. The first-order valence-corrected chi connectivity index (χ1v) is 11.7. The average molecular weight is 433 g/mol. The minimum Gasteiger partial charge on any atom is -0.494 e. The number of rotatable bonds is 5. The van der Waals surface area contributed by atoms with Crippen molar-refractivity contribution in [3.05, 3.63) is 48.0 Å². The summed E-state index contributed by atoms with van der Waals surface area (Å²) in [6.45, 7) is 8.51. The zero-order valence-electron chi connectivity index (χ0n) is 17.9. The van der Waals surface area contributed by atoms with Gasteiger partial charge >= 0.3 is 0 Å². The van der Waals surface area contributed by atoms with Gasteiger partial charge in [-0.05, 0) is 54.3 Å². The normalized spacial score (nSPS) is 16.4. The van der Waals surface area contributed by atoms with E-state index in [9.17, 15) is 13.2 Å². The number of hydrogen-bond donors (Lipinski definition) is 1. The molecule has 1 unspecified atom stereocenters. The maximum atomic E-state index is 12.8. The number of carbonyl (C=O) groups is 1. The van der Waals surface area contributed by atoms with Crippen molar-refractivity contribution in [1.82, 2.24) is 0 Å². The Balaban J connectivity index is 1.85. The molecule has 0 spiro atoms. The third-order valence-corrected chi connectivity index (χ3v) is 5.97. The van der Waals surface area contributed by atoms with E-state index in [-0.39, 0.29) is 12.0 Å². The van der Waals surface area contributed by atoms with Crippen LogP contribution in [0.5, 0.6) is 11.5 Å². The van der Waals surface area contributed by atoms with Crippen LogP contribution in [0.1, 0.15) is 33.3 Å². The smallest absolute Gasteiger partial charge is 0.267 e. The van der Waals surface area contributed by atoms with Crippen molar-refractivity contribution in [1.29, 1.82) is 0 Å². The molecule has 1 heterocycles. The van der Waals surface area contributed by atoms with E-state index >= 15 is 0 Å². The second kappa shape index (κ2) is 8.18. The number of benzene rings is 2. The van der Waals surface area contributed by atoms with Crippen LogP contribution in [0.15, 0.2) is 42.5 Å². The molecule has 30 heavy (non-hydrogen) atoms. The topological polar surface area (TPSA) is 84.9 Å². The van der Waals surface area contributed by atoms with Crippen molar-refractivity contribution in [2.24, 2.45) is 0 Å². The molecule has 0 bridgehead atoms. The van der Waals surface area contributed by atoms with Crippen LogP contribution in [0.2, 0.25) is 0 Å². The Morgan fingerprint density at radius 1 is 1.20 bits per heavy atom. The van der Waals surface area contributed by atoms with Gasteiger partial charge in [0.05, 0.1) is 25.1 Å². The number of carbonyl (C=O) groups excluding carboxylic acids is 1. The molecule has 1 amide bonds. The Morgan fingerprint density at radius 3 is 2.43 bits per heavy atom. The van der Waals surface area contributed by atoms with Gasteiger partial charge in [0.15, 0.2) is 6.10 Å². The Morgan fingerprint density at radius 2 is 1.87 bits per heavy atom. The number of fused-ring (bicyclic) bond motifs is 1. The SMILES string of the molecule is CCOc1ccc(NC(=O)C2CN(S(C)(=O)=O)c3cc(C(C)(C)C)ccc3O2)cc1. The molecule has 0 aliphatic carbocycles. The monoisotopic (exact) mass is 432 g/mol. The summed E-state index contributed by atoms with van der Waals surface area (Å²) < 4.78 is 37.4. The highest BCUT2D eigenvalue weighted by molar-refractivity contribution is 7.92. The summed E-state index contributed by atoms with van der Waals surface area (Å²) >= 11 is 0. The largest absolute Gasteiger partial charge is 0.494 e. The number of hydrogen-bond acceptors (Lipinski definition) is 5. The van der Waals surface area contributed by atoms with E-state index in [1.165, 1.54) is 4.31 Å². The molecule has 0 fully saturated rings. The van der Waals surface area contributed by atoms with E-state index in [0.717, 1.165) is 11.8 Å². The van der Waals surface area contributed by atoms with E-state index in [2.05, 4.69) is 26.1 Å². The highest BCUT2D eigenvalue weighted by Crippen LogP contribution is 2.38. The summed E-state index contributed by atoms with van der Waals surface area (Å²) in [5.41, 5.74) is 1.86. The van der Waals surface area contributed by atoms with Gasteiger partial charge in [0.25, 0.3) is 5.91 Å². The number of anilines is 2. The maximum Gasteiger partial charge on any atom is 0.267 e. The van der Waals surface area contributed by atoms with Crippen molar-refractivity contribution < 1.29 is 22.7 Å². The molecule has 0 aromatic heterocycles.